The lowest BCUT2D eigenvalue weighted by Gasteiger charge is -2.43. The molecule has 2 atom stereocenters. The number of H-pyrrole nitrogens is 1. The fourth-order valence-corrected chi connectivity index (χ4v) is 4.96. The van der Waals surface area contributed by atoms with Crippen molar-refractivity contribution >= 4 is 10.9 Å². The van der Waals surface area contributed by atoms with E-state index in [4.69, 9.17) is 4.74 Å². The van der Waals surface area contributed by atoms with Crippen molar-refractivity contribution in [3.05, 3.63) is 64.9 Å². The van der Waals surface area contributed by atoms with E-state index in [0.717, 1.165) is 16.5 Å². The topological polar surface area (TPSA) is 40.3 Å². The third-order valence-electron chi connectivity index (χ3n) is 6.44. The molecule has 0 saturated heterocycles. The molecule has 190 valence electrons. The van der Waals surface area contributed by atoms with Crippen LogP contribution in [0.15, 0.2) is 36.4 Å². The molecule has 3 aromatic rings. The van der Waals surface area contributed by atoms with Crippen LogP contribution in [0.4, 0.5) is 17.6 Å². The van der Waals surface area contributed by atoms with Crippen LogP contribution in [0.5, 0.6) is 5.75 Å². The highest BCUT2D eigenvalue weighted by Crippen LogP contribution is 2.43. The molecule has 8 heteroatoms. The zero-order chi connectivity index (χ0) is 25.2. The third-order valence-corrected chi connectivity index (χ3v) is 6.44. The Morgan fingerprint density at radius 3 is 2.54 bits per heavy atom. The summed E-state index contributed by atoms with van der Waals surface area (Å²) >= 11 is 0. The highest BCUT2D eigenvalue weighted by atomic mass is 19.1. The zero-order valence-electron chi connectivity index (χ0n) is 20.4. The Kier molecular flexibility index (Phi) is 7.71. The van der Waals surface area contributed by atoms with Crippen LogP contribution in [0, 0.1) is 11.6 Å². The zero-order valence-corrected chi connectivity index (χ0v) is 20.4. The minimum atomic E-state index is -1.55. The van der Waals surface area contributed by atoms with Crippen molar-refractivity contribution in [1.82, 2.24) is 15.2 Å². The highest BCUT2D eigenvalue weighted by Gasteiger charge is 2.41. The number of fused-ring (bicyclic) bond motifs is 3. The molecule has 2 aromatic carbocycles. The van der Waals surface area contributed by atoms with E-state index in [9.17, 15) is 8.78 Å². The summed E-state index contributed by atoms with van der Waals surface area (Å²) in [6.07, 6.45) is 1.05. The van der Waals surface area contributed by atoms with E-state index in [2.05, 4.69) is 10.3 Å². The van der Waals surface area contributed by atoms with Gasteiger partial charge in [0.25, 0.3) is 0 Å². The molecular weight excluding hydrogens is 458 g/mol. The lowest BCUT2D eigenvalue weighted by atomic mass is 9.87. The molecule has 0 fully saturated rings. The first-order valence-electron chi connectivity index (χ1n) is 12.1. The molecule has 1 aliphatic heterocycles. The number of aromatic amines is 1. The van der Waals surface area contributed by atoms with E-state index in [-0.39, 0.29) is 30.5 Å². The average Bonchev–Trinajstić information content (AvgIpc) is 3.15. The molecular formula is C27H33F4N3O. The molecule has 4 rings (SSSR count). The van der Waals surface area contributed by atoms with Crippen molar-refractivity contribution in [3.8, 4) is 5.75 Å². The van der Waals surface area contributed by atoms with Crippen molar-refractivity contribution in [2.24, 2.45) is 0 Å². The minimum absolute atomic E-state index is 0.0231. The number of hydrogen-bond acceptors (Lipinski definition) is 3. The Morgan fingerprint density at radius 2 is 1.86 bits per heavy atom. The maximum absolute atomic E-state index is 15.5. The third kappa shape index (κ3) is 5.64. The number of alkyl halides is 2. The molecule has 0 aliphatic carbocycles. The van der Waals surface area contributed by atoms with Gasteiger partial charge in [0, 0.05) is 53.4 Å². The summed E-state index contributed by atoms with van der Waals surface area (Å²) in [7, 11) is 0. The maximum Gasteiger partial charge on any atom is 0.135 e. The highest BCUT2D eigenvalue weighted by molar-refractivity contribution is 5.85. The Bertz CT molecular complexity index is 1130. The summed E-state index contributed by atoms with van der Waals surface area (Å²) < 4.78 is 63.6. The maximum atomic E-state index is 15.5. The van der Waals surface area contributed by atoms with Gasteiger partial charge in [-0.15, -0.1) is 0 Å². The molecule has 0 spiro atoms. The molecule has 2 N–H and O–H groups in total. The Hall–Kier alpha value is -2.58. The molecule has 0 saturated carbocycles. The van der Waals surface area contributed by atoms with Gasteiger partial charge in [-0.2, -0.15) is 0 Å². The molecule has 0 unspecified atom stereocenters. The normalized spacial score (nSPS) is 18.7. The predicted molar refractivity (Wildman–Crippen MR) is 131 cm³/mol. The second-order valence-corrected chi connectivity index (χ2v) is 9.85. The number of hydrogen-bond donors (Lipinski definition) is 2. The standard InChI is InChI=1S/C27H33F4N3O/c1-17-13-20-19-7-4-5-8-23(19)33-25(20)26(34(17)16-27(2,3)31)24-21(29)14-18(15-22(24)30)35-12-11-32-10-6-9-28/h4-5,7-8,14-15,17,26,32-33H,6,9-13,16H2,1-3H3/t17-,26-/m1/s1. The largest absolute Gasteiger partial charge is 0.492 e. The van der Waals surface area contributed by atoms with E-state index in [1.807, 2.05) is 36.1 Å². The van der Waals surface area contributed by atoms with Gasteiger partial charge in [-0.1, -0.05) is 18.2 Å². The number of nitrogens with zero attached hydrogens (tertiary/aromatic N) is 1. The number of nitrogens with one attached hydrogen (secondary N) is 2. The fraction of sp³-hybridized carbons (Fsp3) is 0.481. The molecule has 0 bridgehead atoms. The monoisotopic (exact) mass is 491 g/mol. The van der Waals surface area contributed by atoms with Crippen LogP contribution in [0.1, 0.15) is 50.1 Å². The predicted octanol–water partition coefficient (Wildman–Crippen LogP) is 5.86. The first-order chi connectivity index (χ1) is 16.7. The van der Waals surface area contributed by atoms with E-state index < -0.39 is 30.0 Å². The molecule has 35 heavy (non-hydrogen) atoms. The molecule has 0 amide bonds. The summed E-state index contributed by atoms with van der Waals surface area (Å²) in [6, 6.07) is 9.19. The summed E-state index contributed by atoms with van der Waals surface area (Å²) in [6.45, 7) is 5.67. The summed E-state index contributed by atoms with van der Waals surface area (Å²) in [4.78, 5) is 5.21. The van der Waals surface area contributed by atoms with Crippen molar-refractivity contribution in [2.75, 3.05) is 32.9 Å². The smallest absolute Gasteiger partial charge is 0.135 e. The van der Waals surface area contributed by atoms with Crippen LogP contribution in [-0.2, 0) is 6.42 Å². The summed E-state index contributed by atoms with van der Waals surface area (Å²) in [5, 5.41) is 4.02. The Morgan fingerprint density at radius 1 is 1.14 bits per heavy atom. The van der Waals surface area contributed by atoms with Crippen LogP contribution < -0.4 is 10.1 Å². The number of rotatable bonds is 10. The lowest BCUT2D eigenvalue weighted by Crippen LogP contribution is -2.48. The Labute approximate surface area is 203 Å². The van der Waals surface area contributed by atoms with Gasteiger partial charge in [-0.05, 0) is 51.8 Å². The molecule has 1 aromatic heterocycles. The molecule has 2 heterocycles. The molecule has 0 radical (unpaired) electrons. The van der Waals surface area contributed by atoms with Gasteiger partial charge in [0.1, 0.15) is 29.7 Å². The number of aromatic nitrogens is 1. The molecule has 1 aliphatic rings. The van der Waals surface area contributed by atoms with E-state index >= 15 is 8.78 Å². The van der Waals surface area contributed by atoms with E-state index in [1.54, 1.807) is 0 Å². The van der Waals surface area contributed by atoms with Crippen LogP contribution in [-0.4, -0.2) is 54.5 Å². The second-order valence-electron chi connectivity index (χ2n) is 9.85. The van der Waals surface area contributed by atoms with Gasteiger partial charge in [0.05, 0.1) is 12.7 Å². The fourth-order valence-electron chi connectivity index (χ4n) is 4.96. The van der Waals surface area contributed by atoms with Crippen molar-refractivity contribution in [1.29, 1.82) is 0 Å². The first-order valence-corrected chi connectivity index (χ1v) is 12.1. The number of ether oxygens (including phenoxy) is 1. The number of para-hydroxylation sites is 1. The van der Waals surface area contributed by atoms with E-state index in [0.29, 0.717) is 31.6 Å². The van der Waals surface area contributed by atoms with Crippen LogP contribution in [0.3, 0.4) is 0 Å². The second kappa shape index (κ2) is 10.6. The summed E-state index contributed by atoms with van der Waals surface area (Å²) in [5.74, 6) is -1.40. The van der Waals surface area contributed by atoms with Crippen molar-refractivity contribution in [3.63, 3.8) is 0 Å². The SMILES string of the molecule is C[C@@H]1Cc2c([nH]c3ccccc23)[C@@H](c2c(F)cc(OCCNCCCF)cc2F)N1CC(C)(C)F. The molecule has 4 nitrogen and oxygen atoms in total. The first kappa shape index (κ1) is 25.5. The lowest BCUT2D eigenvalue weighted by molar-refractivity contribution is 0.0642. The van der Waals surface area contributed by atoms with Crippen molar-refractivity contribution < 1.29 is 22.3 Å². The number of benzene rings is 2. The van der Waals surface area contributed by atoms with Gasteiger partial charge in [0.2, 0.25) is 0 Å². The van der Waals surface area contributed by atoms with Crippen molar-refractivity contribution in [2.45, 2.75) is 51.4 Å². The average molecular weight is 492 g/mol. The van der Waals surface area contributed by atoms with Crippen LogP contribution in [0.2, 0.25) is 0 Å². The van der Waals surface area contributed by atoms with Crippen LogP contribution in [0.25, 0.3) is 10.9 Å². The minimum Gasteiger partial charge on any atom is -0.492 e. The van der Waals surface area contributed by atoms with Gasteiger partial charge in [0.15, 0.2) is 0 Å². The summed E-state index contributed by atoms with van der Waals surface area (Å²) in [5.41, 5.74) is 0.905. The van der Waals surface area contributed by atoms with E-state index in [1.165, 1.54) is 26.0 Å². The van der Waals surface area contributed by atoms with Gasteiger partial charge in [-0.3, -0.25) is 9.29 Å². The Balaban J connectivity index is 1.70. The van der Waals surface area contributed by atoms with Gasteiger partial charge < -0.3 is 15.0 Å². The number of halogens is 4. The quantitative estimate of drug-likeness (QED) is 0.276. The van der Waals surface area contributed by atoms with Gasteiger partial charge in [-0.25, -0.2) is 13.2 Å². The van der Waals surface area contributed by atoms with Gasteiger partial charge >= 0.3 is 0 Å². The van der Waals surface area contributed by atoms with Crippen LogP contribution >= 0.6 is 0 Å².